The summed E-state index contributed by atoms with van der Waals surface area (Å²) in [5.41, 5.74) is 4.09. The number of hydrogen-bond acceptors (Lipinski definition) is 4. The number of carbonyl (C=O) groups is 1. The number of rotatable bonds is 2. The van der Waals surface area contributed by atoms with E-state index in [0.29, 0.717) is 0 Å². The van der Waals surface area contributed by atoms with E-state index in [4.69, 9.17) is 28.9 Å². The van der Waals surface area contributed by atoms with E-state index >= 15 is 0 Å². The summed E-state index contributed by atoms with van der Waals surface area (Å²) in [6.45, 7) is 0. The van der Waals surface area contributed by atoms with Gasteiger partial charge in [0.15, 0.2) is 16.8 Å². The summed E-state index contributed by atoms with van der Waals surface area (Å²) in [4.78, 5) is 19.1. The third-order valence-corrected chi connectivity index (χ3v) is 3.07. The summed E-state index contributed by atoms with van der Waals surface area (Å²) in [6, 6.07) is 1.89. The van der Waals surface area contributed by atoms with Crippen molar-refractivity contribution in [1.29, 1.82) is 0 Å². The Labute approximate surface area is 121 Å². The van der Waals surface area contributed by atoms with Crippen LogP contribution in [0.15, 0.2) is 18.5 Å². The van der Waals surface area contributed by atoms with Gasteiger partial charge in [-0.05, 0) is 12.1 Å². The lowest BCUT2D eigenvalue weighted by molar-refractivity contribution is 0.101. The van der Waals surface area contributed by atoms with Crippen LogP contribution in [0.4, 0.5) is 20.3 Å². The molecule has 0 fully saturated rings. The molecular formula is C11H6Cl2F2N4O. The standard InChI is InChI=1S/C11H6Cl2F2N4O/c12-7-9(13)17-3-18-10(7)19-11(20)6-4(14)1-2-5(16)8(6)15/h1-3H,16H2,(H,17,18,19,20). The molecule has 2 rings (SSSR count). The molecule has 5 nitrogen and oxygen atoms in total. The molecule has 0 unspecified atom stereocenters. The van der Waals surface area contributed by atoms with E-state index in [1.807, 2.05) is 0 Å². The van der Waals surface area contributed by atoms with Gasteiger partial charge in [-0.25, -0.2) is 18.7 Å². The summed E-state index contributed by atoms with van der Waals surface area (Å²) in [5, 5.41) is 1.88. The minimum Gasteiger partial charge on any atom is -0.396 e. The number of carbonyl (C=O) groups excluding carboxylic acids is 1. The third-order valence-electron chi connectivity index (χ3n) is 2.33. The molecule has 1 aromatic carbocycles. The lowest BCUT2D eigenvalue weighted by atomic mass is 10.1. The van der Waals surface area contributed by atoms with E-state index in [9.17, 15) is 13.6 Å². The van der Waals surface area contributed by atoms with Crippen LogP contribution in [-0.4, -0.2) is 15.9 Å². The topological polar surface area (TPSA) is 80.9 Å². The van der Waals surface area contributed by atoms with Crippen molar-refractivity contribution in [2.24, 2.45) is 0 Å². The van der Waals surface area contributed by atoms with E-state index in [-0.39, 0.29) is 21.7 Å². The first-order valence-electron chi connectivity index (χ1n) is 5.12. The molecular weight excluding hydrogens is 313 g/mol. The fraction of sp³-hybridized carbons (Fsp3) is 0. The molecule has 0 saturated heterocycles. The lowest BCUT2D eigenvalue weighted by Crippen LogP contribution is -2.18. The number of aromatic nitrogens is 2. The van der Waals surface area contributed by atoms with Gasteiger partial charge in [-0.3, -0.25) is 4.79 Å². The Balaban J connectivity index is 2.39. The molecule has 20 heavy (non-hydrogen) atoms. The molecule has 1 aromatic heterocycles. The first-order valence-corrected chi connectivity index (χ1v) is 5.88. The van der Waals surface area contributed by atoms with Crippen molar-refractivity contribution in [3.8, 4) is 0 Å². The highest BCUT2D eigenvalue weighted by Crippen LogP contribution is 2.26. The van der Waals surface area contributed by atoms with E-state index in [2.05, 4.69) is 15.3 Å². The highest BCUT2D eigenvalue weighted by Gasteiger charge is 2.21. The van der Waals surface area contributed by atoms with Crippen molar-refractivity contribution in [3.05, 3.63) is 45.8 Å². The zero-order chi connectivity index (χ0) is 14.9. The summed E-state index contributed by atoms with van der Waals surface area (Å²) in [7, 11) is 0. The molecule has 0 aliphatic carbocycles. The smallest absolute Gasteiger partial charge is 0.262 e. The number of benzene rings is 1. The number of hydrogen-bond donors (Lipinski definition) is 2. The van der Waals surface area contributed by atoms with E-state index in [1.165, 1.54) is 0 Å². The Bertz CT molecular complexity index is 696. The number of nitrogens with two attached hydrogens (primary N) is 1. The van der Waals surface area contributed by atoms with Gasteiger partial charge in [0.05, 0.1) is 5.69 Å². The first-order chi connectivity index (χ1) is 9.41. The van der Waals surface area contributed by atoms with Crippen molar-refractivity contribution in [2.75, 3.05) is 11.1 Å². The summed E-state index contributed by atoms with van der Waals surface area (Å²) in [5.74, 6) is -3.49. The van der Waals surface area contributed by atoms with Crippen molar-refractivity contribution >= 4 is 40.6 Å². The SMILES string of the molecule is Nc1ccc(F)c(C(=O)Nc2ncnc(Cl)c2Cl)c1F. The molecule has 0 aliphatic heterocycles. The average Bonchev–Trinajstić information content (AvgIpc) is 2.40. The van der Waals surface area contributed by atoms with Gasteiger partial charge in [-0.15, -0.1) is 0 Å². The second-order valence-corrected chi connectivity index (χ2v) is 4.34. The third kappa shape index (κ3) is 2.63. The Hall–Kier alpha value is -1.99. The molecule has 0 bridgehead atoms. The second-order valence-electron chi connectivity index (χ2n) is 3.61. The highest BCUT2D eigenvalue weighted by molar-refractivity contribution is 6.43. The van der Waals surface area contributed by atoms with Crippen LogP contribution < -0.4 is 11.1 Å². The molecule has 0 saturated carbocycles. The number of nitrogens with one attached hydrogen (secondary N) is 1. The van der Waals surface area contributed by atoms with Gasteiger partial charge < -0.3 is 11.1 Å². The maximum Gasteiger partial charge on any atom is 0.262 e. The van der Waals surface area contributed by atoms with Gasteiger partial charge in [0.2, 0.25) is 0 Å². The molecule has 3 N–H and O–H groups in total. The molecule has 0 radical (unpaired) electrons. The molecule has 1 heterocycles. The fourth-order valence-electron chi connectivity index (χ4n) is 1.38. The van der Waals surface area contributed by atoms with Crippen molar-refractivity contribution in [3.63, 3.8) is 0 Å². The van der Waals surface area contributed by atoms with Crippen LogP contribution in [0, 0.1) is 11.6 Å². The first kappa shape index (κ1) is 14.4. The van der Waals surface area contributed by atoms with Crippen LogP contribution in [-0.2, 0) is 0 Å². The number of amides is 1. The van der Waals surface area contributed by atoms with Gasteiger partial charge in [-0.1, -0.05) is 23.2 Å². The Kier molecular flexibility index (Phi) is 4.01. The van der Waals surface area contributed by atoms with Crippen LogP contribution in [0.3, 0.4) is 0 Å². The molecule has 0 atom stereocenters. The maximum absolute atomic E-state index is 13.7. The van der Waals surface area contributed by atoms with Gasteiger partial charge in [0, 0.05) is 0 Å². The molecule has 9 heteroatoms. The Morgan fingerprint density at radius 2 is 1.95 bits per heavy atom. The van der Waals surface area contributed by atoms with E-state index in [1.54, 1.807) is 0 Å². The van der Waals surface area contributed by atoms with Crippen LogP contribution in [0.25, 0.3) is 0 Å². The van der Waals surface area contributed by atoms with Gasteiger partial charge >= 0.3 is 0 Å². The highest BCUT2D eigenvalue weighted by atomic mass is 35.5. The van der Waals surface area contributed by atoms with E-state index < -0.39 is 23.1 Å². The van der Waals surface area contributed by atoms with Gasteiger partial charge in [-0.2, -0.15) is 0 Å². The average molecular weight is 319 g/mol. The molecule has 0 spiro atoms. The maximum atomic E-state index is 13.7. The van der Waals surface area contributed by atoms with Crippen molar-refractivity contribution in [2.45, 2.75) is 0 Å². The van der Waals surface area contributed by atoms with E-state index in [0.717, 1.165) is 18.5 Å². The van der Waals surface area contributed by atoms with Crippen LogP contribution in [0.2, 0.25) is 10.2 Å². The van der Waals surface area contributed by atoms with Gasteiger partial charge in [0.25, 0.3) is 5.91 Å². The zero-order valence-electron chi connectivity index (χ0n) is 9.62. The predicted molar refractivity (Wildman–Crippen MR) is 70.8 cm³/mol. The zero-order valence-corrected chi connectivity index (χ0v) is 11.1. The number of halogens is 4. The molecule has 2 aromatic rings. The van der Waals surface area contributed by atoms with Crippen molar-refractivity contribution in [1.82, 2.24) is 9.97 Å². The van der Waals surface area contributed by atoms with Crippen molar-refractivity contribution < 1.29 is 13.6 Å². The quantitative estimate of drug-likeness (QED) is 0.659. The van der Waals surface area contributed by atoms with Crippen LogP contribution in [0.1, 0.15) is 10.4 Å². The van der Waals surface area contributed by atoms with Gasteiger partial charge in [0.1, 0.15) is 22.7 Å². The Morgan fingerprint density at radius 3 is 2.65 bits per heavy atom. The summed E-state index contributed by atoms with van der Waals surface area (Å²) in [6.07, 6.45) is 1.04. The molecule has 1 amide bonds. The van der Waals surface area contributed by atoms with Crippen LogP contribution in [0.5, 0.6) is 0 Å². The predicted octanol–water partition coefficient (Wildman–Crippen LogP) is 2.90. The fourth-order valence-corrected chi connectivity index (χ4v) is 1.66. The van der Waals surface area contributed by atoms with Crippen LogP contribution >= 0.6 is 23.2 Å². The largest absolute Gasteiger partial charge is 0.396 e. The summed E-state index contributed by atoms with van der Waals surface area (Å²) >= 11 is 11.4. The minimum absolute atomic E-state index is 0.106. The number of nitrogen functional groups attached to an aromatic ring is 1. The normalized spacial score (nSPS) is 10.4. The minimum atomic E-state index is -1.17. The molecule has 0 aliphatic rings. The number of anilines is 2. The summed E-state index contributed by atoms with van der Waals surface area (Å²) < 4.78 is 27.2. The monoisotopic (exact) mass is 318 g/mol. The lowest BCUT2D eigenvalue weighted by Gasteiger charge is -2.09. The number of nitrogens with zero attached hydrogens (tertiary/aromatic N) is 2. The molecule has 104 valence electrons. The second kappa shape index (κ2) is 5.56. The Morgan fingerprint density at radius 1 is 1.25 bits per heavy atom.